The van der Waals surface area contributed by atoms with Gasteiger partial charge in [0, 0.05) is 32.4 Å². The SMILES string of the molecule is O=C(O)CC1CCN(C(=O)NCCCCNc2nc3ncccc3[nH]2)Cc2ccccc21. The summed E-state index contributed by atoms with van der Waals surface area (Å²) in [5.41, 5.74) is 3.65. The van der Waals surface area contributed by atoms with Gasteiger partial charge in [-0.3, -0.25) is 4.79 Å². The molecule has 1 aliphatic rings. The second kappa shape index (κ2) is 10.1. The number of nitrogens with one attached hydrogen (secondary N) is 3. The van der Waals surface area contributed by atoms with E-state index >= 15 is 0 Å². The van der Waals surface area contributed by atoms with E-state index in [4.69, 9.17) is 0 Å². The highest BCUT2D eigenvalue weighted by Gasteiger charge is 2.26. The van der Waals surface area contributed by atoms with Crippen molar-refractivity contribution in [3.05, 3.63) is 53.7 Å². The summed E-state index contributed by atoms with van der Waals surface area (Å²) in [7, 11) is 0. The minimum absolute atomic E-state index is 0.0685. The van der Waals surface area contributed by atoms with Gasteiger partial charge < -0.3 is 25.6 Å². The number of nitrogens with zero attached hydrogens (tertiary/aromatic N) is 3. The molecule has 9 nitrogen and oxygen atoms in total. The summed E-state index contributed by atoms with van der Waals surface area (Å²) >= 11 is 0. The van der Waals surface area contributed by atoms with Crippen LogP contribution in [0.25, 0.3) is 11.2 Å². The van der Waals surface area contributed by atoms with Crippen LogP contribution in [0.4, 0.5) is 10.7 Å². The van der Waals surface area contributed by atoms with Crippen molar-refractivity contribution < 1.29 is 14.7 Å². The number of pyridine rings is 1. The van der Waals surface area contributed by atoms with Crippen molar-refractivity contribution in [1.82, 2.24) is 25.2 Å². The quantitative estimate of drug-likeness (QED) is 0.402. The molecule has 1 atom stereocenters. The van der Waals surface area contributed by atoms with E-state index in [0.717, 1.165) is 36.0 Å². The van der Waals surface area contributed by atoms with Crippen molar-refractivity contribution in [1.29, 1.82) is 0 Å². The van der Waals surface area contributed by atoms with Crippen LogP contribution in [0.2, 0.25) is 0 Å². The van der Waals surface area contributed by atoms with Crippen LogP contribution in [0.1, 0.15) is 42.7 Å². The van der Waals surface area contributed by atoms with Crippen LogP contribution in [0.5, 0.6) is 0 Å². The van der Waals surface area contributed by atoms with Gasteiger partial charge in [0.05, 0.1) is 11.9 Å². The number of carbonyl (C=O) groups excluding carboxylic acids is 1. The maximum atomic E-state index is 12.7. The van der Waals surface area contributed by atoms with E-state index in [1.165, 1.54) is 0 Å². The number of carboxylic acids is 1. The number of benzene rings is 1. The first kappa shape index (κ1) is 21.6. The van der Waals surface area contributed by atoms with Crippen LogP contribution >= 0.6 is 0 Å². The Morgan fingerprint density at radius 3 is 2.84 bits per heavy atom. The average molecular weight is 437 g/mol. The molecule has 3 heterocycles. The third-order valence-electron chi connectivity index (χ3n) is 5.74. The van der Waals surface area contributed by atoms with Gasteiger partial charge in [-0.25, -0.2) is 9.78 Å². The lowest BCUT2D eigenvalue weighted by Crippen LogP contribution is -2.40. The second-order valence-electron chi connectivity index (χ2n) is 8.03. The predicted molar refractivity (Wildman–Crippen MR) is 121 cm³/mol. The second-order valence-corrected chi connectivity index (χ2v) is 8.03. The van der Waals surface area contributed by atoms with Gasteiger partial charge in [-0.1, -0.05) is 24.3 Å². The first-order valence-corrected chi connectivity index (χ1v) is 11.0. The fourth-order valence-corrected chi connectivity index (χ4v) is 4.12. The average Bonchev–Trinajstić information content (AvgIpc) is 3.11. The highest BCUT2D eigenvalue weighted by molar-refractivity contribution is 5.74. The van der Waals surface area contributed by atoms with Crippen molar-refractivity contribution in [3.8, 4) is 0 Å². The molecule has 0 bridgehead atoms. The molecule has 2 amide bonds. The van der Waals surface area contributed by atoms with Gasteiger partial charge in [0.1, 0.15) is 0 Å². The Kier molecular flexibility index (Phi) is 6.84. The Bertz CT molecular complexity index is 1050. The number of aliphatic carboxylic acids is 1. The van der Waals surface area contributed by atoms with Gasteiger partial charge >= 0.3 is 12.0 Å². The fourth-order valence-electron chi connectivity index (χ4n) is 4.12. The van der Waals surface area contributed by atoms with E-state index in [1.54, 1.807) is 11.1 Å². The molecule has 0 fully saturated rings. The zero-order valence-electron chi connectivity index (χ0n) is 17.9. The number of aromatic nitrogens is 3. The lowest BCUT2D eigenvalue weighted by Gasteiger charge is -2.21. The number of fused-ring (bicyclic) bond motifs is 2. The maximum Gasteiger partial charge on any atom is 0.317 e. The molecule has 0 radical (unpaired) electrons. The Labute approximate surface area is 186 Å². The number of amides is 2. The third kappa shape index (κ3) is 5.35. The summed E-state index contributed by atoms with van der Waals surface area (Å²) in [5.74, 6) is -0.182. The number of hydrogen-bond acceptors (Lipinski definition) is 5. The molecule has 4 rings (SSSR count). The van der Waals surface area contributed by atoms with Crippen LogP contribution in [0, 0.1) is 0 Å². The van der Waals surface area contributed by atoms with Gasteiger partial charge in [-0.05, 0) is 48.4 Å². The Morgan fingerprint density at radius 1 is 1.16 bits per heavy atom. The predicted octanol–water partition coefficient (Wildman–Crippen LogP) is 3.32. The molecule has 168 valence electrons. The van der Waals surface area contributed by atoms with Crippen molar-refractivity contribution in [3.63, 3.8) is 0 Å². The summed E-state index contributed by atoms with van der Waals surface area (Å²) in [6.07, 6.45) is 4.16. The van der Waals surface area contributed by atoms with E-state index < -0.39 is 5.97 Å². The number of hydrogen-bond donors (Lipinski definition) is 4. The molecule has 2 aromatic heterocycles. The minimum atomic E-state index is -0.810. The van der Waals surface area contributed by atoms with Gasteiger partial charge in [-0.15, -0.1) is 0 Å². The maximum absolute atomic E-state index is 12.7. The normalized spacial score (nSPS) is 15.8. The van der Waals surface area contributed by atoms with E-state index in [0.29, 0.717) is 37.7 Å². The smallest absolute Gasteiger partial charge is 0.317 e. The van der Waals surface area contributed by atoms with Crippen LogP contribution in [-0.4, -0.2) is 56.6 Å². The summed E-state index contributed by atoms with van der Waals surface area (Å²) in [6.45, 7) is 2.36. The molecule has 0 spiro atoms. The number of carbonyl (C=O) groups is 2. The zero-order valence-corrected chi connectivity index (χ0v) is 17.9. The summed E-state index contributed by atoms with van der Waals surface area (Å²) in [5, 5.41) is 15.5. The van der Waals surface area contributed by atoms with Crippen LogP contribution in [0.15, 0.2) is 42.6 Å². The number of H-pyrrole nitrogens is 1. The Hall–Kier alpha value is -3.62. The zero-order chi connectivity index (χ0) is 22.3. The standard InChI is InChI=1S/C23H28N6O3/c30-20(31)14-16-9-13-29(15-17-6-1-2-7-18(16)17)23(32)26-11-4-3-10-25-22-27-19-8-5-12-24-21(19)28-22/h1-2,5-8,12,16H,3-4,9-11,13-15H2,(H,26,32)(H,30,31)(H2,24,25,27,28). The molecule has 32 heavy (non-hydrogen) atoms. The van der Waals surface area contributed by atoms with Crippen LogP contribution in [0.3, 0.4) is 0 Å². The number of anilines is 1. The molecule has 4 N–H and O–H groups in total. The van der Waals surface area contributed by atoms with Crippen LogP contribution in [-0.2, 0) is 11.3 Å². The highest BCUT2D eigenvalue weighted by atomic mass is 16.4. The lowest BCUT2D eigenvalue weighted by molar-refractivity contribution is -0.137. The molecule has 3 aromatic rings. The summed E-state index contributed by atoms with van der Waals surface area (Å²) < 4.78 is 0. The van der Waals surface area contributed by atoms with Gasteiger partial charge in [0.25, 0.3) is 0 Å². The van der Waals surface area contributed by atoms with Gasteiger partial charge in [0.15, 0.2) is 5.65 Å². The first-order valence-electron chi connectivity index (χ1n) is 11.0. The topological polar surface area (TPSA) is 123 Å². The van der Waals surface area contributed by atoms with Crippen molar-refractivity contribution in [2.24, 2.45) is 0 Å². The van der Waals surface area contributed by atoms with E-state index in [9.17, 15) is 14.7 Å². The first-order chi connectivity index (χ1) is 15.6. The molecule has 0 aliphatic carbocycles. The summed E-state index contributed by atoms with van der Waals surface area (Å²) in [6, 6.07) is 11.5. The molecule has 1 aliphatic heterocycles. The monoisotopic (exact) mass is 436 g/mol. The van der Waals surface area contributed by atoms with E-state index in [-0.39, 0.29) is 18.4 Å². The number of unbranched alkanes of at least 4 members (excludes halogenated alkanes) is 1. The fraction of sp³-hybridized carbons (Fsp3) is 0.391. The van der Waals surface area contributed by atoms with Crippen molar-refractivity contribution in [2.45, 2.75) is 38.1 Å². The van der Waals surface area contributed by atoms with Gasteiger partial charge in [-0.2, -0.15) is 4.98 Å². The van der Waals surface area contributed by atoms with Gasteiger partial charge in [0.2, 0.25) is 5.95 Å². The van der Waals surface area contributed by atoms with E-state index in [2.05, 4.69) is 25.6 Å². The molecule has 1 unspecified atom stereocenters. The van der Waals surface area contributed by atoms with E-state index in [1.807, 2.05) is 36.4 Å². The Balaban J connectivity index is 1.21. The molecule has 0 saturated carbocycles. The number of urea groups is 1. The number of imidazole rings is 1. The number of carboxylic acid groups (broad SMARTS) is 1. The Morgan fingerprint density at radius 2 is 2.00 bits per heavy atom. The minimum Gasteiger partial charge on any atom is -0.481 e. The van der Waals surface area contributed by atoms with Crippen LogP contribution < -0.4 is 10.6 Å². The van der Waals surface area contributed by atoms with Crippen molar-refractivity contribution in [2.75, 3.05) is 25.0 Å². The number of rotatable bonds is 8. The highest BCUT2D eigenvalue weighted by Crippen LogP contribution is 2.31. The molecule has 1 aromatic carbocycles. The van der Waals surface area contributed by atoms with Crippen molar-refractivity contribution >= 4 is 29.1 Å². The summed E-state index contributed by atoms with van der Waals surface area (Å²) in [4.78, 5) is 37.5. The number of aromatic amines is 1. The molecular weight excluding hydrogens is 408 g/mol. The third-order valence-corrected chi connectivity index (χ3v) is 5.74. The lowest BCUT2D eigenvalue weighted by atomic mass is 9.90. The molecule has 0 saturated heterocycles. The molecular formula is C23H28N6O3. The molecule has 9 heteroatoms. The largest absolute Gasteiger partial charge is 0.481 e.